The van der Waals surface area contributed by atoms with Gasteiger partial charge in [-0.1, -0.05) is 26.7 Å². The average molecular weight is 438 g/mol. The Morgan fingerprint density at radius 2 is 2.29 bits per heavy atom. The van der Waals surface area contributed by atoms with Gasteiger partial charge in [0.1, 0.15) is 5.01 Å². The number of aliphatic hydroxyl groups is 1. The molecule has 31 heavy (non-hydrogen) atoms. The topological polar surface area (TPSA) is 66.3 Å². The van der Waals surface area contributed by atoms with Crippen molar-refractivity contribution >= 4 is 17.2 Å². The molecule has 0 radical (unpaired) electrons. The number of rotatable bonds is 4. The summed E-state index contributed by atoms with van der Waals surface area (Å²) in [6.07, 6.45) is 11.2. The van der Waals surface area contributed by atoms with Crippen molar-refractivity contribution in [2.75, 3.05) is 13.6 Å². The molecule has 0 aromatic carbocycles. The Balaban J connectivity index is 1.62. The van der Waals surface area contributed by atoms with Gasteiger partial charge in [-0.3, -0.25) is 9.78 Å². The minimum Gasteiger partial charge on any atom is -0.392 e. The fourth-order valence-electron chi connectivity index (χ4n) is 5.90. The minimum atomic E-state index is -0.538. The van der Waals surface area contributed by atoms with Gasteiger partial charge in [0.2, 0.25) is 5.91 Å². The number of aromatic nitrogens is 2. The summed E-state index contributed by atoms with van der Waals surface area (Å²) in [5, 5.41) is 12.5. The highest BCUT2D eigenvalue weighted by Gasteiger charge is 2.54. The molecular formula is C25H31N3O2S. The molecule has 2 aromatic rings. The summed E-state index contributed by atoms with van der Waals surface area (Å²) >= 11 is 1.76. The molecular weight excluding hydrogens is 406 g/mol. The fraction of sp³-hybridized carbons (Fsp3) is 0.560. The molecule has 1 saturated carbocycles. The second-order valence-corrected chi connectivity index (χ2v) is 10.7. The maximum Gasteiger partial charge on any atom is 0.226 e. The highest BCUT2D eigenvalue weighted by atomic mass is 32.1. The third-order valence-corrected chi connectivity index (χ3v) is 8.69. The van der Waals surface area contributed by atoms with E-state index in [1.807, 2.05) is 25.3 Å². The van der Waals surface area contributed by atoms with Crippen LogP contribution in [-0.4, -0.2) is 45.6 Å². The molecule has 2 aliphatic carbocycles. The number of hydrogen-bond acceptors (Lipinski definition) is 5. The summed E-state index contributed by atoms with van der Waals surface area (Å²) in [6, 6.07) is 3.98. The molecule has 2 heterocycles. The lowest BCUT2D eigenvalue weighted by atomic mass is 9.53. The number of carbonyl (C=O) groups excluding carboxylic acids is 1. The normalized spacial score (nSPS) is 30.6. The molecule has 0 saturated heterocycles. The first-order chi connectivity index (χ1) is 14.8. The first-order valence-corrected chi connectivity index (χ1v) is 11.8. The van der Waals surface area contributed by atoms with E-state index in [1.165, 1.54) is 4.88 Å². The summed E-state index contributed by atoms with van der Waals surface area (Å²) in [5.41, 5.74) is 2.15. The van der Waals surface area contributed by atoms with Gasteiger partial charge in [0.25, 0.3) is 0 Å². The van der Waals surface area contributed by atoms with E-state index in [9.17, 15) is 9.90 Å². The lowest BCUT2D eigenvalue weighted by molar-refractivity contribution is -0.142. The van der Waals surface area contributed by atoms with Crippen molar-refractivity contribution in [2.24, 2.45) is 23.2 Å². The number of nitrogens with zero attached hydrogens (tertiary/aromatic N) is 3. The molecule has 2 aliphatic rings. The van der Waals surface area contributed by atoms with E-state index in [0.29, 0.717) is 6.54 Å². The van der Waals surface area contributed by atoms with Gasteiger partial charge >= 0.3 is 0 Å². The number of pyridine rings is 1. The van der Waals surface area contributed by atoms with E-state index in [0.717, 1.165) is 35.5 Å². The number of carbonyl (C=O) groups is 1. The van der Waals surface area contributed by atoms with Crippen molar-refractivity contribution in [3.05, 3.63) is 35.1 Å². The van der Waals surface area contributed by atoms with Crippen LogP contribution in [0.1, 0.15) is 50.1 Å². The Morgan fingerprint density at radius 3 is 2.97 bits per heavy atom. The molecule has 164 valence electrons. The van der Waals surface area contributed by atoms with Gasteiger partial charge in [0.15, 0.2) is 0 Å². The Morgan fingerprint density at radius 1 is 1.52 bits per heavy atom. The largest absolute Gasteiger partial charge is 0.392 e. The third-order valence-electron chi connectivity index (χ3n) is 7.57. The van der Waals surface area contributed by atoms with Crippen molar-refractivity contribution < 1.29 is 9.90 Å². The second kappa shape index (κ2) is 8.37. The second-order valence-electron chi connectivity index (χ2n) is 9.59. The van der Waals surface area contributed by atoms with Gasteiger partial charge < -0.3 is 10.0 Å². The van der Waals surface area contributed by atoms with Crippen LogP contribution in [0.25, 0.3) is 10.6 Å². The van der Waals surface area contributed by atoms with Crippen LogP contribution in [0.5, 0.6) is 0 Å². The summed E-state index contributed by atoms with van der Waals surface area (Å²) in [7, 11) is 1.74. The Labute approximate surface area is 188 Å². The van der Waals surface area contributed by atoms with Crippen molar-refractivity contribution in [3.63, 3.8) is 0 Å². The quantitative estimate of drug-likeness (QED) is 0.735. The molecule has 0 bridgehead atoms. The Bertz CT molecular complexity index is 998. The van der Waals surface area contributed by atoms with E-state index in [-0.39, 0.29) is 35.0 Å². The molecule has 1 N–H and O–H groups in total. The molecule has 0 aliphatic heterocycles. The fourth-order valence-corrected chi connectivity index (χ4v) is 7.26. The van der Waals surface area contributed by atoms with Gasteiger partial charge in [-0.15, -0.1) is 17.8 Å². The molecule has 1 amide bonds. The lowest BCUT2D eigenvalue weighted by Gasteiger charge is -2.53. The third kappa shape index (κ3) is 3.79. The highest BCUT2D eigenvalue weighted by molar-refractivity contribution is 7.15. The first kappa shape index (κ1) is 22.0. The van der Waals surface area contributed by atoms with Crippen LogP contribution in [0.4, 0.5) is 0 Å². The number of terminal acetylenes is 1. The smallest absolute Gasteiger partial charge is 0.226 e. The number of aliphatic hydroxyl groups excluding tert-OH is 1. The zero-order valence-electron chi connectivity index (χ0n) is 18.7. The van der Waals surface area contributed by atoms with Crippen molar-refractivity contribution in [1.82, 2.24) is 14.9 Å². The zero-order valence-corrected chi connectivity index (χ0v) is 19.5. The van der Waals surface area contributed by atoms with Crippen molar-refractivity contribution in [1.29, 1.82) is 0 Å². The predicted molar refractivity (Wildman–Crippen MR) is 123 cm³/mol. The van der Waals surface area contributed by atoms with Crippen LogP contribution >= 0.6 is 11.3 Å². The summed E-state index contributed by atoms with van der Waals surface area (Å²) in [4.78, 5) is 25.0. The van der Waals surface area contributed by atoms with Crippen LogP contribution in [0, 0.1) is 35.5 Å². The summed E-state index contributed by atoms with van der Waals surface area (Å²) < 4.78 is 0. The van der Waals surface area contributed by atoms with E-state index in [4.69, 9.17) is 11.4 Å². The molecule has 0 spiro atoms. The molecule has 5 nitrogen and oxygen atoms in total. The lowest BCUT2D eigenvalue weighted by Crippen LogP contribution is -2.53. The van der Waals surface area contributed by atoms with E-state index in [1.54, 1.807) is 29.5 Å². The number of thiazole rings is 1. The van der Waals surface area contributed by atoms with Crippen LogP contribution in [0.2, 0.25) is 0 Å². The summed E-state index contributed by atoms with van der Waals surface area (Å²) in [5.74, 6) is 2.45. The van der Waals surface area contributed by atoms with Crippen molar-refractivity contribution in [2.45, 2.75) is 52.1 Å². The SMILES string of the molecule is C#CCN(C)C(=O)C(C)C1CCC2(C)Cc3sc(-c4cccnc4)nc3C(C)C2C1O. The molecule has 4 rings (SSSR count). The van der Waals surface area contributed by atoms with Gasteiger partial charge in [-0.05, 0) is 48.6 Å². The maximum atomic E-state index is 12.9. The van der Waals surface area contributed by atoms with Gasteiger partial charge in [-0.2, -0.15) is 0 Å². The molecule has 6 heteroatoms. The van der Waals surface area contributed by atoms with Crippen LogP contribution in [0.3, 0.4) is 0 Å². The van der Waals surface area contributed by atoms with Gasteiger partial charge in [0.05, 0.1) is 18.3 Å². The highest BCUT2D eigenvalue weighted by Crippen LogP contribution is 2.57. The van der Waals surface area contributed by atoms with Crippen LogP contribution in [0.15, 0.2) is 24.5 Å². The van der Waals surface area contributed by atoms with Crippen LogP contribution < -0.4 is 0 Å². The van der Waals surface area contributed by atoms with Gasteiger partial charge in [0, 0.05) is 41.7 Å². The molecule has 6 unspecified atom stereocenters. The Hall–Kier alpha value is -2.23. The van der Waals surface area contributed by atoms with E-state index >= 15 is 0 Å². The first-order valence-electron chi connectivity index (χ1n) is 11.0. The predicted octanol–water partition coefficient (Wildman–Crippen LogP) is 3.99. The Kier molecular flexibility index (Phi) is 5.93. The standard InChI is InChI=1S/C25H31N3O2S/c1-6-12-28(5)24(30)15(2)18-9-10-25(4)13-19-21(16(3)20(25)22(18)29)27-23(31-19)17-8-7-11-26-14-17/h1,7-8,11,14-16,18,20,22,29H,9-10,12-13H2,2-5H3. The average Bonchev–Trinajstić information content (AvgIpc) is 3.17. The number of fused-ring (bicyclic) bond motifs is 2. The number of hydrogen-bond donors (Lipinski definition) is 1. The minimum absolute atomic E-state index is 0.00849. The number of amides is 1. The molecule has 6 atom stereocenters. The van der Waals surface area contributed by atoms with Crippen molar-refractivity contribution in [3.8, 4) is 22.9 Å². The zero-order chi connectivity index (χ0) is 22.3. The summed E-state index contributed by atoms with van der Waals surface area (Å²) in [6.45, 7) is 6.73. The molecule has 2 aromatic heterocycles. The van der Waals surface area contributed by atoms with Gasteiger partial charge in [-0.25, -0.2) is 4.98 Å². The van der Waals surface area contributed by atoms with E-state index in [2.05, 4.69) is 24.8 Å². The molecule has 1 fully saturated rings. The maximum absolute atomic E-state index is 12.9. The monoisotopic (exact) mass is 437 g/mol. The van der Waals surface area contributed by atoms with E-state index < -0.39 is 6.10 Å². The van der Waals surface area contributed by atoms with Crippen LogP contribution in [-0.2, 0) is 11.2 Å².